The summed E-state index contributed by atoms with van der Waals surface area (Å²) in [4.78, 5) is 39.0. The number of para-hydroxylation sites is 1. The van der Waals surface area contributed by atoms with Crippen LogP contribution in [0.25, 0.3) is 6.08 Å². The van der Waals surface area contributed by atoms with Gasteiger partial charge in [-0.15, -0.1) is 0 Å². The van der Waals surface area contributed by atoms with Crippen molar-refractivity contribution in [1.82, 2.24) is 5.32 Å². The third-order valence-electron chi connectivity index (χ3n) is 5.99. The predicted molar refractivity (Wildman–Crippen MR) is 130 cm³/mol. The second kappa shape index (κ2) is 11.2. The van der Waals surface area contributed by atoms with Gasteiger partial charge in [0.05, 0.1) is 30.0 Å². The molecule has 0 spiro atoms. The predicted octanol–water partition coefficient (Wildman–Crippen LogP) is 3.38. The Morgan fingerprint density at radius 1 is 1.19 bits per heavy atom. The molecule has 0 unspecified atom stereocenters. The number of esters is 1. The van der Waals surface area contributed by atoms with Crippen LogP contribution in [0.1, 0.15) is 25.3 Å². The summed E-state index contributed by atoms with van der Waals surface area (Å²) in [6.45, 7) is 2.61. The average Bonchev–Trinajstić information content (AvgIpc) is 3.49. The van der Waals surface area contributed by atoms with Crippen LogP contribution < -0.4 is 15.0 Å². The monoisotopic (exact) mass is 494 g/mol. The lowest BCUT2D eigenvalue weighted by atomic mass is 10.0. The topological polar surface area (TPSA) is 94.2 Å². The van der Waals surface area contributed by atoms with Gasteiger partial charge in [0, 0.05) is 18.8 Å². The Hall–Kier alpha value is -3.98. The summed E-state index contributed by atoms with van der Waals surface area (Å²) in [6.07, 6.45) is 3.53. The summed E-state index contributed by atoms with van der Waals surface area (Å²) in [5.74, 6) is -1.60. The summed E-state index contributed by atoms with van der Waals surface area (Å²) >= 11 is 0. The number of hydrogen-bond donors (Lipinski definition) is 1. The van der Waals surface area contributed by atoms with Crippen molar-refractivity contribution in [3.8, 4) is 5.75 Å². The zero-order valence-electron chi connectivity index (χ0n) is 20.1. The van der Waals surface area contributed by atoms with Crippen molar-refractivity contribution in [2.24, 2.45) is 0 Å². The van der Waals surface area contributed by atoms with E-state index in [1.807, 2.05) is 0 Å². The number of allylic oxidation sites excluding steroid dienone is 1. The zero-order chi connectivity index (χ0) is 25.7. The maximum absolute atomic E-state index is 14.5. The maximum atomic E-state index is 14.5. The second-order valence-corrected chi connectivity index (χ2v) is 8.40. The quantitative estimate of drug-likeness (QED) is 0.447. The van der Waals surface area contributed by atoms with Crippen LogP contribution in [-0.2, 0) is 23.9 Å². The van der Waals surface area contributed by atoms with Crippen molar-refractivity contribution in [2.45, 2.75) is 25.9 Å². The van der Waals surface area contributed by atoms with Crippen molar-refractivity contribution < 1.29 is 33.0 Å². The van der Waals surface area contributed by atoms with Crippen molar-refractivity contribution in [3.63, 3.8) is 0 Å². The minimum Gasteiger partial charge on any atom is -0.484 e. The van der Waals surface area contributed by atoms with Crippen LogP contribution in [0.15, 0.2) is 65.4 Å². The summed E-state index contributed by atoms with van der Waals surface area (Å²) in [6, 6.07) is 12.5. The average molecular weight is 495 g/mol. The van der Waals surface area contributed by atoms with E-state index in [4.69, 9.17) is 14.2 Å². The summed E-state index contributed by atoms with van der Waals surface area (Å²) < 4.78 is 30.4. The molecule has 2 aromatic carbocycles. The normalized spacial score (nSPS) is 18.6. The third-order valence-corrected chi connectivity index (χ3v) is 5.99. The molecule has 4 rings (SSSR count). The molecule has 2 amide bonds. The fraction of sp³-hybridized carbons (Fsp3) is 0.296. The van der Waals surface area contributed by atoms with Gasteiger partial charge >= 0.3 is 5.97 Å². The highest BCUT2D eigenvalue weighted by Gasteiger charge is 2.38. The number of carbonyl (C=O) groups is 3. The first-order valence-electron chi connectivity index (χ1n) is 11.6. The van der Waals surface area contributed by atoms with Gasteiger partial charge in [0.2, 0.25) is 0 Å². The third kappa shape index (κ3) is 5.46. The Labute approximate surface area is 208 Å². The van der Waals surface area contributed by atoms with E-state index in [0.717, 1.165) is 19.4 Å². The smallest absolute Gasteiger partial charge is 0.340 e. The van der Waals surface area contributed by atoms with Gasteiger partial charge in [0.1, 0.15) is 11.6 Å². The molecule has 1 N–H and O–H groups in total. The first-order valence-corrected chi connectivity index (χ1v) is 11.6. The molecule has 0 aliphatic carbocycles. The maximum Gasteiger partial charge on any atom is 0.340 e. The molecule has 2 aromatic rings. The van der Waals surface area contributed by atoms with Gasteiger partial charge in [-0.1, -0.05) is 24.3 Å². The Balaban J connectivity index is 1.47. The van der Waals surface area contributed by atoms with Gasteiger partial charge in [-0.05, 0) is 55.7 Å². The number of anilines is 1. The van der Waals surface area contributed by atoms with Crippen molar-refractivity contribution in [3.05, 3.63) is 76.8 Å². The minimum absolute atomic E-state index is 0.0475. The van der Waals surface area contributed by atoms with E-state index in [9.17, 15) is 18.8 Å². The minimum atomic E-state index is -0.695. The van der Waals surface area contributed by atoms with Crippen molar-refractivity contribution in [1.29, 1.82) is 0 Å². The molecule has 9 heteroatoms. The summed E-state index contributed by atoms with van der Waals surface area (Å²) in [5, 5.41) is 2.79. The highest BCUT2D eigenvalue weighted by atomic mass is 19.1. The largest absolute Gasteiger partial charge is 0.484 e. The molecule has 8 nitrogen and oxygen atoms in total. The number of methoxy groups -OCH3 is 1. The van der Waals surface area contributed by atoms with E-state index < -0.39 is 17.7 Å². The fourth-order valence-electron chi connectivity index (χ4n) is 4.16. The molecule has 0 saturated carbocycles. The van der Waals surface area contributed by atoms with Crippen LogP contribution in [0.4, 0.5) is 10.1 Å². The number of rotatable bonds is 8. The van der Waals surface area contributed by atoms with Crippen LogP contribution in [0.5, 0.6) is 5.75 Å². The van der Waals surface area contributed by atoms with Gasteiger partial charge in [0.25, 0.3) is 11.8 Å². The van der Waals surface area contributed by atoms with Crippen LogP contribution in [0, 0.1) is 5.82 Å². The number of nitrogens with zero attached hydrogens (tertiary/aromatic N) is 1. The van der Waals surface area contributed by atoms with Gasteiger partial charge in [0.15, 0.2) is 6.61 Å². The van der Waals surface area contributed by atoms with Crippen molar-refractivity contribution in [2.75, 3.05) is 31.8 Å². The lowest BCUT2D eigenvalue weighted by molar-refractivity contribution is -0.136. The lowest BCUT2D eigenvalue weighted by Gasteiger charge is -2.18. The standard InChI is InChI=1S/C27H27FN2O6/c1-17-25(27(33)34-2)21(26(32)30(17)23-8-4-3-7-22(23)28)14-18-9-11-19(12-10-18)36-16-24(31)29-15-20-6-5-13-35-20/h3-4,7-12,14,20H,5-6,13,15-16H2,1-2H3,(H,29,31)/b21-14-/t20-/m1/s1. The number of benzene rings is 2. The molecule has 2 heterocycles. The number of nitrogens with one attached hydrogen (secondary N) is 1. The molecule has 1 fully saturated rings. The van der Waals surface area contributed by atoms with Crippen LogP contribution in [0.3, 0.4) is 0 Å². The molecular weight excluding hydrogens is 467 g/mol. The molecule has 0 radical (unpaired) electrons. The first-order chi connectivity index (χ1) is 17.4. The van der Waals surface area contributed by atoms with Gasteiger partial charge < -0.3 is 19.5 Å². The zero-order valence-corrected chi connectivity index (χ0v) is 20.1. The Kier molecular flexibility index (Phi) is 7.80. The molecule has 36 heavy (non-hydrogen) atoms. The molecule has 2 aliphatic heterocycles. The molecule has 1 saturated heterocycles. The van der Waals surface area contributed by atoms with Crippen LogP contribution >= 0.6 is 0 Å². The molecule has 0 bridgehead atoms. The van der Waals surface area contributed by atoms with E-state index in [1.165, 1.54) is 36.3 Å². The summed E-state index contributed by atoms with van der Waals surface area (Å²) in [7, 11) is 1.22. The van der Waals surface area contributed by atoms with Crippen LogP contribution in [-0.4, -0.2) is 50.8 Å². The van der Waals surface area contributed by atoms with Gasteiger partial charge in [-0.25, -0.2) is 9.18 Å². The number of amides is 2. The molecule has 2 aliphatic rings. The Morgan fingerprint density at radius 2 is 1.94 bits per heavy atom. The number of carbonyl (C=O) groups excluding carboxylic acids is 3. The van der Waals surface area contributed by atoms with Crippen LogP contribution in [0.2, 0.25) is 0 Å². The summed E-state index contributed by atoms with van der Waals surface area (Å²) in [5.41, 5.74) is 1.08. The molecule has 188 valence electrons. The molecule has 0 aromatic heterocycles. The Bertz CT molecular complexity index is 1220. The molecular formula is C27H27FN2O6. The lowest BCUT2D eigenvalue weighted by Crippen LogP contribution is -2.35. The first kappa shape index (κ1) is 25.1. The highest BCUT2D eigenvalue weighted by molar-refractivity contribution is 6.23. The fourth-order valence-corrected chi connectivity index (χ4v) is 4.16. The molecule has 1 atom stereocenters. The van der Waals surface area contributed by atoms with E-state index in [0.29, 0.717) is 17.9 Å². The van der Waals surface area contributed by atoms with Gasteiger partial charge in [-0.2, -0.15) is 0 Å². The highest BCUT2D eigenvalue weighted by Crippen LogP contribution is 2.36. The van der Waals surface area contributed by atoms with E-state index in [1.54, 1.807) is 37.3 Å². The SMILES string of the molecule is COC(=O)C1=C(C)N(c2ccccc2F)C(=O)/C1=C\c1ccc(OCC(=O)NC[C@H]2CCCO2)cc1. The number of ether oxygens (including phenoxy) is 3. The second-order valence-electron chi connectivity index (χ2n) is 8.40. The van der Waals surface area contributed by atoms with Gasteiger partial charge in [-0.3, -0.25) is 14.5 Å². The number of hydrogen-bond acceptors (Lipinski definition) is 6. The van der Waals surface area contributed by atoms with E-state index in [2.05, 4.69) is 5.32 Å². The Morgan fingerprint density at radius 3 is 2.61 bits per heavy atom. The van der Waals surface area contributed by atoms with E-state index in [-0.39, 0.29) is 41.1 Å². The number of halogens is 1. The van der Waals surface area contributed by atoms with Crippen molar-refractivity contribution >= 4 is 29.5 Å². The van der Waals surface area contributed by atoms with E-state index >= 15 is 0 Å².